The molecule has 0 atom stereocenters. The molecule has 2 aromatic rings. The summed E-state index contributed by atoms with van der Waals surface area (Å²) in [5.74, 6) is -1.48. The first-order chi connectivity index (χ1) is 11.9. The molecule has 8 nitrogen and oxygen atoms in total. The Labute approximate surface area is 144 Å². The molecule has 132 valence electrons. The Morgan fingerprint density at radius 2 is 1.96 bits per heavy atom. The van der Waals surface area contributed by atoms with Crippen molar-refractivity contribution in [3.05, 3.63) is 46.1 Å². The van der Waals surface area contributed by atoms with Crippen LogP contribution in [-0.4, -0.2) is 33.4 Å². The molecule has 0 aliphatic heterocycles. The number of carbonyl (C=O) groups excluding carboxylic acids is 1. The highest BCUT2D eigenvalue weighted by Crippen LogP contribution is 2.28. The molecule has 1 amide bonds. The van der Waals surface area contributed by atoms with Crippen molar-refractivity contribution in [3.8, 4) is 0 Å². The van der Waals surface area contributed by atoms with E-state index in [-0.39, 0.29) is 28.7 Å². The number of carboxylic acids is 1. The highest BCUT2D eigenvalue weighted by atomic mass is 16.6. The fraction of sp³-hybridized carbons (Fsp3) is 0.353. The molecule has 1 aromatic carbocycles. The molecule has 0 bridgehead atoms. The molecular weight excluding hydrogens is 326 g/mol. The Hall–Kier alpha value is -3.03. The predicted octanol–water partition coefficient (Wildman–Crippen LogP) is 2.76. The summed E-state index contributed by atoms with van der Waals surface area (Å²) < 4.78 is 0. The lowest BCUT2D eigenvalue weighted by Crippen LogP contribution is -2.42. The number of fused-ring (bicyclic) bond motifs is 1. The number of carboxylic acid groups (broad SMARTS) is 1. The molecule has 1 aromatic heterocycles. The predicted molar refractivity (Wildman–Crippen MR) is 91.4 cm³/mol. The minimum absolute atomic E-state index is 0.0283. The Morgan fingerprint density at radius 1 is 1.28 bits per heavy atom. The van der Waals surface area contributed by atoms with E-state index >= 15 is 0 Å². The topological polar surface area (TPSA) is 122 Å². The van der Waals surface area contributed by atoms with E-state index < -0.39 is 22.2 Å². The summed E-state index contributed by atoms with van der Waals surface area (Å²) in [6.07, 6.45) is 2.19. The Morgan fingerprint density at radius 3 is 2.52 bits per heavy atom. The highest BCUT2D eigenvalue weighted by molar-refractivity contribution is 6.07. The van der Waals surface area contributed by atoms with Crippen LogP contribution in [0.3, 0.4) is 0 Å². The van der Waals surface area contributed by atoms with Gasteiger partial charge in [-0.1, -0.05) is 13.8 Å². The van der Waals surface area contributed by atoms with E-state index in [1.165, 1.54) is 24.4 Å². The van der Waals surface area contributed by atoms with Crippen LogP contribution in [0.1, 0.15) is 37.0 Å². The fourth-order valence-electron chi connectivity index (χ4n) is 2.72. The second-order valence-electron chi connectivity index (χ2n) is 5.76. The molecule has 0 radical (unpaired) electrons. The van der Waals surface area contributed by atoms with Gasteiger partial charge in [0.1, 0.15) is 0 Å². The first kappa shape index (κ1) is 18.3. The molecular formula is C17H19N3O5. The van der Waals surface area contributed by atoms with Crippen molar-refractivity contribution in [2.45, 2.75) is 26.7 Å². The lowest BCUT2D eigenvalue weighted by atomic mass is 9.82. The summed E-state index contributed by atoms with van der Waals surface area (Å²) in [4.78, 5) is 38.7. The van der Waals surface area contributed by atoms with Gasteiger partial charge in [-0.05, 0) is 31.0 Å². The number of hydrogen-bond acceptors (Lipinski definition) is 5. The second-order valence-corrected chi connectivity index (χ2v) is 5.76. The number of rotatable bonds is 7. The number of nitrogens with zero attached hydrogens (tertiary/aromatic N) is 2. The molecule has 2 N–H and O–H groups in total. The number of benzene rings is 1. The summed E-state index contributed by atoms with van der Waals surface area (Å²) in [7, 11) is 0. The van der Waals surface area contributed by atoms with Gasteiger partial charge in [0.25, 0.3) is 11.6 Å². The number of carbonyl (C=O) groups is 2. The number of pyridine rings is 1. The number of nitro groups is 1. The van der Waals surface area contributed by atoms with Gasteiger partial charge in [0.05, 0.1) is 26.8 Å². The van der Waals surface area contributed by atoms with E-state index in [1.807, 2.05) is 0 Å². The maximum atomic E-state index is 12.5. The zero-order valence-corrected chi connectivity index (χ0v) is 14.0. The smallest absolute Gasteiger partial charge is 0.311 e. The lowest BCUT2D eigenvalue weighted by Gasteiger charge is -2.26. The molecule has 0 spiro atoms. The van der Waals surface area contributed by atoms with E-state index in [1.54, 1.807) is 19.9 Å². The zero-order valence-electron chi connectivity index (χ0n) is 14.0. The van der Waals surface area contributed by atoms with Crippen molar-refractivity contribution in [2.24, 2.45) is 5.41 Å². The maximum absolute atomic E-state index is 12.5. The summed E-state index contributed by atoms with van der Waals surface area (Å²) in [6.45, 7) is 3.48. The molecule has 8 heteroatoms. The molecule has 1 heterocycles. The van der Waals surface area contributed by atoms with E-state index in [9.17, 15) is 24.8 Å². The quantitative estimate of drug-likeness (QED) is 0.587. The van der Waals surface area contributed by atoms with Gasteiger partial charge in [-0.25, -0.2) is 0 Å². The van der Waals surface area contributed by atoms with Gasteiger partial charge in [-0.3, -0.25) is 24.7 Å². The molecule has 0 unspecified atom stereocenters. The number of nitrogens with one attached hydrogen (secondary N) is 1. The summed E-state index contributed by atoms with van der Waals surface area (Å²) in [5.41, 5.74) is -0.794. The largest absolute Gasteiger partial charge is 0.481 e. The number of hydrogen-bond donors (Lipinski definition) is 2. The van der Waals surface area contributed by atoms with Crippen LogP contribution in [0.15, 0.2) is 30.5 Å². The third-order valence-corrected chi connectivity index (χ3v) is 4.58. The van der Waals surface area contributed by atoms with Crippen LogP contribution in [-0.2, 0) is 4.79 Å². The summed E-state index contributed by atoms with van der Waals surface area (Å²) in [5, 5.41) is 23.4. The van der Waals surface area contributed by atoms with E-state index in [2.05, 4.69) is 10.3 Å². The average Bonchev–Trinajstić information content (AvgIpc) is 2.61. The highest BCUT2D eigenvalue weighted by Gasteiger charge is 2.35. The SMILES string of the molecule is CCC(CC)(CNC(=O)c1ccc([N+](=O)[O-])c2cccnc12)C(=O)O. The van der Waals surface area contributed by atoms with Gasteiger partial charge in [0.15, 0.2) is 0 Å². The monoisotopic (exact) mass is 345 g/mol. The third kappa shape index (κ3) is 3.42. The van der Waals surface area contributed by atoms with Gasteiger partial charge in [-0.15, -0.1) is 0 Å². The normalized spacial score (nSPS) is 11.3. The van der Waals surface area contributed by atoms with Gasteiger partial charge in [0.2, 0.25) is 0 Å². The van der Waals surface area contributed by atoms with Crippen LogP contribution in [0.25, 0.3) is 10.9 Å². The molecule has 2 rings (SSSR count). The van der Waals surface area contributed by atoms with E-state index in [0.29, 0.717) is 12.8 Å². The number of aromatic nitrogens is 1. The molecule has 0 fully saturated rings. The van der Waals surface area contributed by atoms with Crippen LogP contribution >= 0.6 is 0 Å². The first-order valence-electron chi connectivity index (χ1n) is 7.90. The Balaban J connectivity index is 2.36. The number of aliphatic carboxylic acids is 1. The average molecular weight is 345 g/mol. The van der Waals surface area contributed by atoms with Crippen molar-refractivity contribution in [2.75, 3.05) is 6.54 Å². The second kappa shape index (κ2) is 7.25. The van der Waals surface area contributed by atoms with Crippen molar-refractivity contribution in [3.63, 3.8) is 0 Å². The maximum Gasteiger partial charge on any atom is 0.311 e. The van der Waals surface area contributed by atoms with Crippen LogP contribution in [0.5, 0.6) is 0 Å². The minimum atomic E-state index is -1.04. The lowest BCUT2D eigenvalue weighted by molar-refractivity contribution is -0.383. The molecule has 0 saturated carbocycles. The Kier molecular flexibility index (Phi) is 5.31. The summed E-state index contributed by atoms with van der Waals surface area (Å²) >= 11 is 0. The standard InChI is InChI=1S/C17H19N3O5/c1-3-17(4-2,16(22)23)10-19-15(21)12-7-8-13(20(24)25)11-6-5-9-18-14(11)12/h5-9H,3-4,10H2,1-2H3,(H,19,21)(H,22,23). The van der Waals surface area contributed by atoms with Crippen molar-refractivity contribution in [1.29, 1.82) is 0 Å². The van der Waals surface area contributed by atoms with Crippen LogP contribution in [0.4, 0.5) is 5.69 Å². The van der Waals surface area contributed by atoms with Gasteiger partial charge in [0, 0.05) is 18.8 Å². The summed E-state index contributed by atoms with van der Waals surface area (Å²) in [6, 6.07) is 5.67. The van der Waals surface area contributed by atoms with Crippen LogP contribution in [0, 0.1) is 15.5 Å². The van der Waals surface area contributed by atoms with Crippen molar-refractivity contribution >= 4 is 28.5 Å². The first-order valence-corrected chi connectivity index (χ1v) is 7.90. The fourth-order valence-corrected chi connectivity index (χ4v) is 2.72. The Bertz CT molecular complexity index is 830. The van der Waals surface area contributed by atoms with Gasteiger partial charge in [-0.2, -0.15) is 0 Å². The molecule has 0 saturated heterocycles. The van der Waals surface area contributed by atoms with E-state index in [4.69, 9.17) is 0 Å². The molecule has 0 aliphatic carbocycles. The number of non-ortho nitro benzene ring substituents is 1. The minimum Gasteiger partial charge on any atom is -0.481 e. The molecule has 0 aliphatic rings. The molecule has 25 heavy (non-hydrogen) atoms. The number of nitro benzene ring substituents is 1. The van der Waals surface area contributed by atoms with E-state index in [0.717, 1.165) is 0 Å². The van der Waals surface area contributed by atoms with Gasteiger partial charge >= 0.3 is 5.97 Å². The van der Waals surface area contributed by atoms with Crippen LogP contribution in [0.2, 0.25) is 0 Å². The van der Waals surface area contributed by atoms with Crippen LogP contribution < -0.4 is 5.32 Å². The van der Waals surface area contributed by atoms with Gasteiger partial charge < -0.3 is 10.4 Å². The zero-order chi connectivity index (χ0) is 18.6. The third-order valence-electron chi connectivity index (χ3n) is 4.58. The van der Waals surface area contributed by atoms with Crippen molar-refractivity contribution in [1.82, 2.24) is 10.3 Å². The van der Waals surface area contributed by atoms with Crippen molar-refractivity contribution < 1.29 is 19.6 Å². The number of amides is 1.